The highest BCUT2D eigenvalue weighted by molar-refractivity contribution is 7.15. The number of nitrogens with zero attached hydrogens (tertiary/aromatic N) is 4. The molecule has 4 aromatic rings. The summed E-state index contributed by atoms with van der Waals surface area (Å²) in [4.78, 5) is 17.4. The van der Waals surface area contributed by atoms with Gasteiger partial charge < -0.3 is 5.73 Å². The van der Waals surface area contributed by atoms with Crippen molar-refractivity contribution < 1.29 is 4.39 Å². The van der Waals surface area contributed by atoms with E-state index in [0.717, 1.165) is 59.4 Å². The van der Waals surface area contributed by atoms with Crippen LogP contribution >= 0.6 is 11.3 Å². The highest BCUT2D eigenvalue weighted by atomic mass is 32.1. The fourth-order valence-corrected chi connectivity index (χ4v) is 4.57. The Morgan fingerprint density at radius 1 is 0.967 bits per heavy atom. The van der Waals surface area contributed by atoms with Crippen LogP contribution in [0.3, 0.4) is 0 Å². The van der Waals surface area contributed by atoms with Gasteiger partial charge in [-0.05, 0) is 48.5 Å². The van der Waals surface area contributed by atoms with E-state index in [9.17, 15) is 4.39 Å². The van der Waals surface area contributed by atoms with Crippen molar-refractivity contribution in [3.05, 3.63) is 82.9 Å². The molecular weight excluding hydrogens is 397 g/mol. The second-order valence-electron chi connectivity index (χ2n) is 7.39. The van der Waals surface area contributed by atoms with Gasteiger partial charge in [0.1, 0.15) is 10.8 Å². The molecule has 0 saturated heterocycles. The number of aromatic nitrogens is 3. The minimum Gasteiger partial charge on any atom is -0.399 e. The Balaban J connectivity index is 1.28. The highest BCUT2D eigenvalue weighted by Gasteiger charge is 2.20. The van der Waals surface area contributed by atoms with Crippen LogP contribution in [-0.4, -0.2) is 26.4 Å². The zero-order valence-corrected chi connectivity index (χ0v) is 17.1. The van der Waals surface area contributed by atoms with Crippen LogP contribution in [0.1, 0.15) is 16.1 Å². The Morgan fingerprint density at radius 2 is 1.73 bits per heavy atom. The zero-order valence-electron chi connectivity index (χ0n) is 16.3. The van der Waals surface area contributed by atoms with E-state index < -0.39 is 0 Å². The first kappa shape index (κ1) is 18.8. The summed E-state index contributed by atoms with van der Waals surface area (Å²) in [5.74, 6) is 0.512. The molecule has 5 rings (SSSR count). The largest absolute Gasteiger partial charge is 0.399 e. The van der Waals surface area contributed by atoms with E-state index in [2.05, 4.69) is 14.9 Å². The standard InChI is InChI=1S/C23H20FN5S/c24-18-5-1-16(2-6-18)23-27-12-20(30-23)14-29-10-9-21-17(13-29)11-26-22(28-21)15-3-7-19(25)8-4-15/h1-8,11-12H,9-10,13-14,25H2. The van der Waals surface area contributed by atoms with Crippen molar-refractivity contribution in [2.75, 3.05) is 12.3 Å². The molecule has 0 aliphatic carbocycles. The van der Waals surface area contributed by atoms with Crippen molar-refractivity contribution in [3.8, 4) is 22.0 Å². The summed E-state index contributed by atoms with van der Waals surface area (Å²) in [6.45, 7) is 2.59. The van der Waals surface area contributed by atoms with E-state index in [4.69, 9.17) is 10.7 Å². The molecule has 1 aliphatic rings. The number of halogens is 1. The van der Waals surface area contributed by atoms with Crippen LogP contribution in [0.15, 0.2) is 60.9 Å². The van der Waals surface area contributed by atoms with Gasteiger partial charge in [0.05, 0.1) is 5.69 Å². The molecule has 7 heteroatoms. The average Bonchev–Trinajstić information content (AvgIpc) is 3.23. The molecule has 0 unspecified atom stereocenters. The third-order valence-electron chi connectivity index (χ3n) is 5.21. The number of fused-ring (bicyclic) bond motifs is 1. The van der Waals surface area contributed by atoms with E-state index in [1.54, 1.807) is 23.5 Å². The number of hydrogen-bond acceptors (Lipinski definition) is 6. The SMILES string of the molecule is Nc1ccc(-c2ncc3c(n2)CCN(Cc2cnc(-c4ccc(F)cc4)s2)C3)cc1. The van der Waals surface area contributed by atoms with Crippen LogP contribution in [-0.2, 0) is 19.5 Å². The van der Waals surface area contributed by atoms with E-state index in [1.165, 1.54) is 22.6 Å². The second-order valence-corrected chi connectivity index (χ2v) is 8.50. The van der Waals surface area contributed by atoms with Gasteiger partial charge in [0.25, 0.3) is 0 Å². The summed E-state index contributed by atoms with van der Waals surface area (Å²) >= 11 is 1.65. The molecule has 0 amide bonds. The smallest absolute Gasteiger partial charge is 0.159 e. The molecule has 150 valence electrons. The molecule has 0 fully saturated rings. The fourth-order valence-electron chi connectivity index (χ4n) is 3.61. The van der Waals surface area contributed by atoms with E-state index >= 15 is 0 Å². The van der Waals surface area contributed by atoms with Crippen molar-refractivity contribution >= 4 is 17.0 Å². The number of nitrogens with two attached hydrogens (primary N) is 1. The first-order valence-electron chi connectivity index (χ1n) is 9.78. The number of thiazole rings is 1. The molecule has 2 aromatic carbocycles. The first-order chi connectivity index (χ1) is 14.6. The van der Waals surface area contributed by atoms with Crippen LogP contribution in [0.4, 0.5) is 10.1 Å². The summed E-state index contributed by atoms with van der Waals surface area (Å²) in [6.07, 6.45) is 4.75. The molecule has 5 nitrogen and oxygen atoms in total. The van der Waals surface area contributed by atoms with E-state index in [1.807, 2.05) is 36.7 Å². The van der Waals surface area contributed by atoms with Gasteiger partial charge in [-0.1, -0.05) is 0 Å². The van der Waals surface area contributed by atoms with Crippen LogP contribution in [0.25, 0.3) is 22.0 Å². The van der Waals surface area contributed by atoms with E-state index in [0.29, 0.717) is 0 Å². The number of benzene rings is 2. The van der Waals surface area contributed by atoms with Gasteiger partial charge in [0, 0.05) is 65.7 Å². The van der Waals surface area contributed by atoms with Gasteiger partial charge in [-0.3, -0.25) is 4.90 Å². The lowest BCUT2D eigenvalue weighted by atomic mass is 10.1. The molecule has 0 spiro atoms. The van der Waals surface area contributed by atoms with Crippen LogP contribution in [0.2, 0.25) is 0 Å². The summed E-state index contributed by atoms with van der Waals surface area (Å²) in [5.41, 5.74) is 10.7. The molecule has 1 aliphatic heterocycles. The van der Waals surface area contributed by atoms with Gasteiger partial charge in [-0.25, -0.2) is 19.3 Å². The zero-order chi connectivity index (χ0) is 20.5. The van der Waals surface area contributed by atoms with Gasteiger partial charge in [-0.2, -0.15) is 0 Å². The van der Waals surface area contributed by atoms with Gasteiger partial charge in [0.15, 0.2) is 5.82 Å². The summed E-state index contributed by atoms with van der Waals surface area (Å²) < 4.78 is 13.1. The van der Waals surface area contributed by atoms with Crippen LogP contribution in [0, 0.1) is 5.82 Å². The predicted octanol–water partition coefficient (Wildman–Crippen LogP) is 4.55. The van der Waals surface area contributed by atoms with Crippen molar-refractivity contribution in [2.45, 2.75) is 19.5 Å². The van der Waals surface area contributed by atoms with Crippen molar-refractivity contribution in [2.24, 2.45) is 0 Å². The summed E-state index contributed by atoms with van der Waals surface area (Å²) in [7, 11) is 0. The van der Waals surface area contributed by atoms with Gasteiger partial charge in [0.2, 0.25) is 0 Å². The maximum atomic E-state index is 13.1. The van der Waals surface area contributed by atoms with Crippen LogP contribution in [0.5, 0.6) is 0 Å². The summed E-state index contributed by atoms with van der Waals surface area (Å²) in [5, 5.41) is 0.916. The number of rotatable bonds is 4. The molecule has 0 saturated carbocycles. The highest BCUT2D eigenvalue weighted by Crippen LogP contribution is 2.28. The Kier molecular flexibility index (Phi) is 4.98. The molecule has 3 heterocycles. The topological polar surface area (TPSA) is 67.9 Å². The predicted molar refractivity (Wildman–Crippen MR) is 117 cm³/mol. The molecule has 2 aromatic heterocycles. The average molecular weight is 418 g/mol. The third-order valence-corrected chi connectivity index (χ3v) is 6.24. The normalized spacial score (nSPS) is 13.9. The minimum atomic E-state index is -0.232. The maximum Gasteiger partial charge on any atom is 0.159 e. The van der Waals surface area contributed by atoms with Gasteiger partial charge >= 0.3 is 0 Å². The van der Waals surface area contributed by atoms with Crippen molar-refractivity contribution in [1.82, 2.24) is 19.9 Å². The summed E-state index contributed by atoms with van der Waals surface area (Å²) in [6, 6.07) is 14.1. The van der Waals surface area contributed by atoms with Crippen molar-refractivity contribution in [3.63, 3.8) is 0 Å². The number of anilines is 1. The number of nitrogen functional groups attached to an aromatic ring is 1. The van der Waals surface area contributed by atoms with Crippen molar-refractivity contribution in [1.29, 1.82) is 0 Å². The second kappa shape index (κ2) is 7.93. The monoisotopic (exact) mass is 417 g/mol. The Hall–Kier alpha value is -3.16. The Labute approximate surface area is 178 Å². The first-order valence-corrected chi connectivity index (χ1v) is 10.6. The Morgan fingerprint density at radius 3 is 2.53 bits per heavy atom. The van der Waals surface area contributed by atoms with Gasteiger partial charge in [-0.15, -0.1) is 11.3 Å². The Bertz CT molecular complexity index is 1170. The molecule has 0 bridgehead atoms. The molecule has 0 atom stereocenters. The molecular formula is C23H20FN5S. The van der Waals surface area contributed by atoms with E-state index in [-0.39, 0.29) is 5.82 Å². The number of hydrogen-bond donors (Lipinski definition) is 1. The maximum absolute atomic E-state index is 13.1. The molecule has 30 heavy (non-hydrogen) atoms. The third kappa shape index (κ3) is 3.94. The lowest BCUT2D eigenvalue weighted by Gasteiger charge is -2.27. The lowest BCUT2D eigenvalue weighted by Crippen LogP contribution is -2.30. The molecule has 2 N–H and O–H groups in total. The quantitative estimate of drug-likeness (QED) is 0.494. The molecule has 0 radical (unpaired) electrons. The lowest BCUT2D eigenvalue weighted by molar-refractivity contribution is 0.245. The fraction of sp³-hybridized carbons (Fsp3) is 0.174. The van der Waals surface area contributed by atoms with Crippen LogP contribution < -0.4 is 5.73 Å². The minimum absolute atomic E-state index is 0.232.